The lowest BCUT2D eigenvalue weighted by Gasteiger charge is -2.23. The van der Waals surface area contributed by atoms with E-state index in [1.807, 2.05) is 6.92 Å². The van der Waals surface area contributed by atoms with Crippen molar-refractivity contribution in [1.29, 1.82) is 0 Å². The summed E-state index contributed by atoms with van der Waals surface area (Å²) in [4.78, 5) is 16.2. The zero-order chi connectivity index (χ0) is 17.6. The highest BCUT2D eigenvalue weighted by Gasteiger charge is 2.28. The molecule has 1 aromatic carbocycles. The van der Waals surface area contributed by atoms with Gasteiger partial charge in [0.2, 0.25) is 7.44 Å². The fourth-order valence-corrected chi connectivity index (χ4v) is 3.67. The van der Waals surface area contributed by atoms with Gasteiger partial charge in [-0.15, -0.1) is 0 Å². The fraction of sp³-hybridized carbons (Fsp3) is 0.375. The summed E-state index contributed by atoms with van der Waals surface area (Å²) >= 11 is 0. The summed E-state index contributed by atoms with van der Waals surface area (Å²) in [7, 11) is -3.03. The number of benzene rings is 1. The van der Waals surface area contributed by atoms with Crippen LogP contribution < -0.4 is 5.09 Å². The first kappa shape index (κ1) is 18.2. The van der Waals surface area contributed by atoms with E-state index in [2.05, 4.69) is 10.1 Å². The molecule has 0 saturated carbocycles. The van der Waals surface area contributed by atoms with Gasteiger partial charge in [-0.1, -0.05) is 19.1 Å². The Morgan fingerprint density at radius 1 is 1.42 bits per heavy atom. The summed E-state index contributed by atoms with van der Waals surface area (Å²) in [6, 6.07) is 5.76. The Labute approximate surface area is 141 Å². The van der Waals surface area contributed by atoms with Gasteiger partial charge in [0.25, 0.3) is 0 Å². The molecule has 1 aromatic heterocycles. The average Bonchev–Trinajstić information content (AvgIpc) is 3.09. The molecule has 0 radical (unpaired) electrons. The van der Waals surface area contributed by atoms with Crippen molar-refractivity contribution < 1.29 is 19.2 Å². The van der Waals surface area contributed by atoms with Crippen LogP contribution in [0.5, 0.6) is 5.75 Å². The third-order valence-electron chi connectivity index (χ3n) is 3.44. The Kier molecular flexibility index (Phi) is 6.17. The van der Waals surface area contributed by atoms with Crippen LogP contribution in [-0.2, 0) is 20.5 Å². The Balaban J connectivity index is 2.17. The molecule has 2 rings (SSSR count). The van der Waals surface area contributed by atoms with Crippen LogP contribution >= 0.6 is 7.44 Å². The van der Waals surface area contributed by atoms with Gasteiger partial charge in [0.1, 0.15) is 18.1 Å². The molecular formula is C16H22N3O4P. The third-order valence-corrected chi connectivity index (χ3v) is 5.34. The van der Waals surface area contributed by atoms with Crippen molar-refractivity contribution in [1.82, 2.24) is 14.4 Å². The molecule has 1 heterocycles. The summed E-state index contributed by atoms with van der Waals surface area (Å²) in [6.07, 6.45) is 5.58. The number of carbonyl (C=O) groups is 1. The van der Waals surface area contributed by atoms with E-state index in [0.717, 1.165) is 5.56 Å². The molecule has 0 spiro atoms. The lowest BCUT2D eigenvalue weighted by atomic mass is 10.1. The van der Waals surface area contributed by atoms with E-state index >= 15 is 0 Å². The number of hydrogen-bond acceptors (Lipinski definition) is 5. The summed E-state index contributed by atoms with van der Waals surface area (Å²) in [6.45, 7) is 3.75. The van der Waals surface area contributed by atoms with Gasteiger partial charge in [-0.25, -0.2) is 10.1 Å². The van der Waals surface area contributed by atoms with Crippen LogP contribution in [0.4, 0.5) is 0 Å². The number of hydrogen-bond donors (Lipinski definition) is 2. The number of aromatic nitrogens is 2. The van der Waals surface area contributed by atoms with Gasteiger partial charge in [0.15, 0.2) is 0 Å². The molecule has 24 heavy (non-hydrogen) atoms. The summed E-state index contributed by atoms with van der Waals surface area (Å²) in [5.41, 5.74) is 0.823. The zero-order valence-electron chi connectivity index (χ0n) is 13.8. The van der Waals surface area contributed by atoms with Gasteiger partial charge in [0, 0.05) is 19.1 Å². The van der Waals surface area contributed by atoms with Crippen molar-refractivity contribution in [3.05, 3.63) is 48.5 Å². The van der Waals surface area contributed by atoms with Crippen LogP contribution in [0, 0.1) is 0 Å². The minimum atomic E-state index is -3.03. The van der Waals surface area contributed by atoms with Crippen molar-refractivity contribution in [2.75, 3.05) is 13.3 Å². The highest BCUT2D eigenvalue weighted by Crippen LogP contribution is 2.38. The average molecular weight is 351 g/mol. The first-order chi connectivity index (χ1) is 11.4. The van der Waals surface area contributed by atoms with Gasteiger partial charge in [-0.05, 0) is 30.5 Å². The van der Waals surface area contributed by atoms with E-state index in [9.17, 15) is 14.5 Å². The third kappa shape index (κ3) is 4.94. The van der Waals surface area contributed by atoms with Crippen LogP contribution in [0.3, 0.4) is 0 Å². The molecule has 0 aliphatic carbocycles. The molecule has 0 aliphatic heterocycles. The van der Waals surface area contributed by atoms with E-state index < -0.39 is 19.5 Å². The summed E-state index contributed by atoms with van der Waals surface area (Å²) in [5.74, 6) is -0.302. The maximum atomic E-state index is 12.9. The molecule has 0 bridgehead atoms. The highest BCUT2D eigenvalue weighted by molar-refractivity contribution is 7.59. The van der Waals surface area contributed by atoms with Crippen molar-refractivity contribution in [2.45, 2.75) is 25.8 Å². The van der Waals surface area contributed by atoms with Crippen molar-refractivity contribution in [3.8, 4) is 5.75 Å². The van der Waals surface area contributed by atoms with Crippen LogP contribution in [0.1, 0.15) is 18.9 Å². The van der Waals surface area contributed by atoms with Crippen molar-refractivity contribution in [3.63, 3.8) is 0 Å². The van der Waals surface area contributed by atoms with E-state index in [1.54, 1.807) is 30.5 Å². The zero-order valence-corrected chi connectivity index (χ0v) is 14.6. The van der Waals surface area contributed by atoms with Crippen LogP contribution in [0.2, 0.25) is 0 Å². The Morgan fingerprint density at radius 3 is 2.71 bits per heavy atom. The standard InChI is InChI=1S/C16H22N3O4P/c1-3-10-23-16(21)15(11-13-4-6-14(20)7-5-13)18-24(2,22)19-9-8-17-12-19/h4-9,12,15,20H,3,10-11H2,1-2H3,(H,18,22). The molecule has 0 saturated heterocycles. The van der Waals surface area contributed by atoms with E-state index in [1.165, 1.54) is 23.5 Å². The molecule has 0 fully saturated rings. The highest BCUT2D eigenvalue weighted by atomic mass is 31.2. The van der Waals surface area contributed by atoms with Crippen molar-refractivity contribution in [2.24, 2.45) is 0 Å². The topological polar surface area (TPSA) is 93.5 Å². The summed E-state index contributed by atoms with van der Waals surface area (Å²) in [5, 5.41) is 12.3. The second-order valence-electron chi connectivity index (χ2n) is 5.54. The van der Waals surface area contributed by atoms with Gasteiger partial charge in [-0.2, -0.15) is 0 Å². The largest absolute Gasteiger partial charge is 0.508 e. The Morgan fingerprint density at radius 2 is 2.12 bits per heavy atom. The number of ether oxygens (including phenoxy) is 1. The lowest BCUT2D eigenvalue weighted by Crippen LogP contribution is -2.39. The van der Waals surface area contributed by atoms with Crippen LogP contribution in [0.15, 0.2) is 43.0 Å². The molecule has 7 nitrogen and oxygen atoms in total. The normalized spacial score (nSPS) is 14.8. The van der Waals surface area contributed by atoms with Gasteiger partial charge < -0.3 is 9.84 Å². The molecule has 0 amide bonds. The van der Waals surface area contributed by atoms with Crippen LogP contribution in [-0.4, -0.2) is 39.7 Å². The van der Waals surface area contributed by atoms with E-state index in [4.69, 9.17) is 4.74 Å². The second-order valence-corrected chi connectivity index (χ2v) is 8.02. The molecule has 2 atom stereocenters. The van der Waals surface area contributed by atoms with Gasteiger partial charge >= 0.3 is 5.97 Å². The van der Waals surface area contributed by atoms with Gasteiger partial charge in [0.05, 0.1) is 6.61 Å². The molecule has 130 valence electrons. The number of carbonyl (C=O) groups excluding carboxylic acids is 1. The minimum Gasteiger partial charge on any atom is -0.508 e. The molecule has 2 N–H and O–H groups in total. The predicted octanol–water partition coefficient (Wildman–Crippen LogP) is 2.41. The Bertz CT molecular complexity index is 701. The monoisotopic (exact) mass is 351 g/mol. The number of phenolic OH excluding ortho intramolecular Hbond substituents is 1. The maximum Gasteiger partial charge on any atom is 0.323 e. The number of phenols is 1. The lowest BCUT2D eigenvalue weighted by molar-refractivity contribution is -0.145. The SMILES string of the molecule is CCCOC(=O)C(Cc1ccc(O)cc1)NP(C)(=O)n1ccnc1. The molecular weight excluding hydrogens is 329 g/mol. The molecule has 8 heteroatoms. The van der Waals surface area contributed by atoms with E-state index in [0.29, 0.717) is 19.4 Å². The number of imidazole rings is 1. The molecule has 0 aliphatic rings. The van der Waals surface area contributed by atoms with Crippen LogP contribution in [0.25, 0.3) is 0 Å². The fourth-order valence-electron chi connectivity index (χ4n) is 2.19. The Hall–Kier alpha value is -2.11. The maximum absolute atomic E-state index is 12.9. The summed E-state index contributed by atoms with van der Waals surface area (Å²) < 4.78 is 19.6. The minimum absolute atomic E-state index is 0.149. The van der Waals surface area contributed by atoms with Crippen molar-refractivity contribution >= 4 is 13.4 Å². The predicted molar refractivity (Wildman–Crippen MR) is 91.1 cm³/mol. The number of rotatable bonds is 8. The second kappa shape index (κ2) is 8.13. The smallest absolute Gasteiger partial charge is 0.323 e. The van der Waals surface area contributed by atoms with Gasteiger partial charge in [-0.3, -0.25) is 13.7 Å². The first-order valence-corrected chi connectivity index (χ1v) is 9.81. The number of esters is 1. The number of aromatic hydroxyl groups is 1. The number of nitrogens with one attached hydrogen (secondary N) is 1. The molecule has 2 unspecified atom stereocenters. The molecule has 2 aromatic rings. The van der Waals surface area contributed by atoms with E-state index in [-0.39, 0.29) is 5.75 Å². The first-order valence-electron chi connectivity index (χ1n) is 7.71. The quantitative estimate of drug-likeness (QED) is 0.560. The number of nitrogens with zero attached hydrogens (tertiary/aromatic N) is 2.